The quantitative estimate of drug-likeness (QED) is 0.562. The molecule has 1 rings (SSSR count). The average Bonchev–Trinajstić information content (AvgIpc) is 2.55. The van der Waals surface area contributed by atoms with Crippen molar-refractivity contribution in [2.24, 2.45) is 5.92 Å². The minimum absolute atomic E-state index is 0.170. The van der Waals surface area contributed by atoms with Crippen LogP contribution in [0.15, 0.2) is 24.3 Å². The van der Waals surface area contributed by atoms with E-state index >= 15 is 0 Å². The van der Waals surface area contributed by atoms with Gasteiger partial charge in [-0.2, -0.15) is 0 Å². The third-order valence-corrected chi connectivity index (χ3v) is 2.90. The molecule has 1 N–H and O–H groups in total. The van der Waals surface area contributed by atoms with Gasteiger partial charge in [0.25, 0.3) is 0 Å². The molecule has 7 nitrogen and oxygen atoms in total. The Hall–Kier alpha value is -2.57. The Bertz CT molecular complexity index is 616. The Kier molecular flexibility index (Phi) is 8.09. The van der Waals surface area contributed by atoms with Crippen LogP contribution in [0.3, 0.4) is 0 Å². The monoisotopic (exact) mass is 365 g/mol. The lowest BCUT2D eigenvalue weighted by Gasteiger charge is -2.19. The first kappa shape index (κ1) is 21.5. The van der Waals surface area contributed by atoms with E-state index < -0.39 is 17.7 Å². The normalized spacial score (nSPS) is 11.0. The third kappa shape index (κ3) is 9.05. The van der Waals surface area contributed by atoms with Crippen LogP contribution in [0.5, 0.6) is 5.75 Å². The van der Waals surface area contributed by atoms with Gasteiger partial charge >= 0.3 is 12.1 Å². The van der Waals surface area contributed by atoms with Crippen molar-refractivity contribution < 1.29 is 28.6 Å². The summed E-state index contributed by atoms with van der Waals surface area (Å²) in [7, 11) is 0. The molecular formula is C19H27NO6. The second-order valence-electron chi connectivity index (χ2n) is 7.17. The van der Waals surface area contributed by atoms with Gasteiger partial charge in [-0.3, -0.25) is 4.79 Å². The van der Waals surface area contributed by atoms with Crippen LogP contribution in [-0.2, 0) is 14.3 Å². The number of nitrogens with one attached hydrogen (secondary N) is 1. The lowest BCUT2D eigenvalue weighted by Crippen LogP contribution is -2.35. The van der Waals surface area contributed by atoms with E-state index in [0.717, 1.165) is 0 Å². The average molecular weight is 365 g/mol. The van der Waals surface area contributed by atoms with Crippen LogP contribution in [0.25, 0.3) is 0 Å². The van der Waals surface area contributed by atoms with Crippen LogP contribution in [0.2, 0.25) is 0 Å². The molecule has 0 saturated carbocycles. The summed E-state index contributed by atoms with van der Waals surface area (Å²) in [5.74, 6) is 0.000787. The molecule has 26 heavy (non-hydrogen) atoms. The molecule has 1 amide bonds. The highest BCUT2D eigenvalue weighted by atomic mass is 16.6. The van der Waals surface area contributed by atoms with Gasteiger partial charge in [0, 0.05) is 5.56 Å². The molecule has 0 aromatic heterocycles. The van der Waals surface area contributed by atoms with Gasteiger partial charge in [-0.25, -0.2) is 9.59 Å². The van der Waals surface area contributed by atoms with Crippen molar-refractivity contribution in [1.29, 1.82) is 0 Å². The first-order chi connectivity index (χ1) is 12.1. The van der Waals surface area contributed by atoms with E-state index in [0.29, 0.717) is 17.9 Å². The van der Waals surface area contributed by atoms with E-state index in [4.69, 9.17) is 14.2 Å². The van der Waals surface area contributed by atoms with Gasteiger partial charge in [0.15, 0.2) is 12.4 Å². The zero-order valence-corrected chi connectivity index (χ0v) is 16.0. The Labute approximate surface area is 154 Å². The van der Waals surface area contributed by atoms with E-state index in [1.807, 2.05) is 13.8 Å². The molecule has 144 valence electrons. The fourth-order valence-corrected chi connectivity index (χ4v) is 1.75. The van der Waals surface area contributed by atoms with Crippen LogP contribution in [0, 0.1) is 5.92 Å². The molecule has 0 radical (unpaired) electrons. The van der Waals surface area contributed by atoms with Crippen LogP contribution in [0.1, 0.15) is 45.0 Å². The van der Waals surface area contributed by atoms with Crippen LogP contribution in [-0.4, -0.2) is 43.2 Å². The molecule has 1 aromatic rings. The fourth-order valence-electron chi connectivity index (χ4n) is 1.75. The molecule has 0 spiro atoms. The van der Waals surface area contributed by atoms with Gasteiger partial charge in [0.2, 0.25) is 0 Å². The first-order valence-electron chi connectivity index (χ1n) is 8.45. The van der Waals surface area contributed by atoms with Crippen molar-refractivity contribution in [3.8, 4) is 5.75 Å². The SMILES string of the molecule is CC(C)COC(=O)COc1ccc(C(=O)CNC(=O)OC(C)(C)C)cc1. The highest BCUT2D eigenvalue weighted by Gasteiger charge is 2.17. The Morgan fingerprint density at radius 2 is 1.69 bits per heavy atom. The van der Waals surface area contributed by atoms with Crippen molar-refractivity contribution >= 4 is 17.8 Å². The fraction of sp³-hybridized carbons (Fsp3) is 0.526. The second kappa shape index (κ2) is 9.79. The molecule has 0 bridgehead atoms. The van der Waals surface area contributed by atoms with E-state index in [2.05, 4.69) is 5.32 Å². The van der Waals surface area contributed by atoms with Gasteiger partial charge in [-0.1, -0.05) is 13.8 Å². The zero-order chi connectivity index (χ0) is 19.7. The first-order valence-corrected chi connectivity index (χ1v) is 8.45. The molecule has 0 atom stereocenters. The summed E-state index contributed by atoms with van der Waals surface area (Å²) in [5, 5.41) is 2.41. The number of carbonyl (C=O) groups is 3. The smallest absolute Gasteiger partial charge is 0.408 e. The number of esters is 1. The molecule has 0 heterocycles. The zero-order valence-electron chi connectivity index (χ0n) is 16.0. The molecular weight excluding hydrogens is 338 g/mol. The number of Topliss-reactive ketones (excluding diaryl/α,β-unsaturated/α-hetero) is 1. The van der Waals surface area contributed by atoms with Gasteiger partial charge in [0.05, 0.1) is 13.2 Å². The molecule has 7 heteroatoms. The number of hydrogen-bond donors (Lipinski definition) is 1. The molecule has 1 aromatic carbocycles. The topological polar surface area (TPSA) is 90.9 Å². The van der Waals surface area contributed by atoms with E-state index in [-0.39, 0.29) is 24.9 Å². The second-order valence-corrected chi connectivity index (χ2v) is 7.17. The van der Waals surface area contributed by atoms with Crippen molar-refractivity contribution in [3.05, 3.63) is 29.8 Å². The Balaban J connectivity index is 2.42. The number of benzene rings is 1. The number of alkyl carbamates (subject to hydrolysis) is 1. The summed E-state index contributed by atoms with van der Waals surface area (Å²) in [6, 6.07) is 6.29. The molecule has 0 saturated heterocycles. The van der Waals surface area contributed by atoms with Crippen molar-refractivity contribution in [1.82, 2.24) is 5.32 Å². The minimum Gasteiger partial charge on any atom is -0.482 e. The maximum Gasteiger partial charge on any atom is 0.408 e. The molecule has 0 aliphatic rings. The van der Waals surface area contributed by atoms with Gasteiger partial charge in [-0.15, -0.1) is 0 Å². The number of hydrogen-bond acceptors (Lipinski definition) is 6. The summed E-state index contributed by atoms with van der Waals surface area (Å²) in [6.45, 7) is 9.10. The minimum atomic E-state index is -0.647. The van der Waals surface area contributed by atoms with Crippen molar-refractivity contribution in [3.63, 3.8) is 0 Å². The van der Waals surface area contributed by atoms with Crippen LogP contribution in [0.4, 0.5) is 4.79 Å². The lowest BCUT2D eigenvalue weighted by molar-refractivity contribution is -0.147. The number of carbonyl (C=O) groups excluding carboxylic acids is 3. The van der Waals surface area contributed by atoms with Gasteiger partial charge in [-0.05, 0) is 51.0 Å². The third-order valence-electron chi connectivity index (χ3n) is 2.90. The molecule has 0 unspecified atom stereocenters. The largest absolute Gasteiger partial charge is 0.482 e. The standard InChI is InChI=1S/C19H27NO6/c1-13(2)11-25-17(22)12-24-15-8-6-14(7-9-15)16(21)10-20-18(23)26-19(3,4)5/h6-9,13H,10-12H2,1-5H3,(H,20,23). The number of rotatable bonds is 8. The molecule has 0 fully saturated rings. The summed E-state index contributed by atoms with van der Waals surface area (Å²) < 4.78 is 15.4. The van der Waals surface area contributed by atoms with E-state index in [1.54, 1.807) is 45.0 Å². The maximum atomic E-state index is 12.1. The number of ether oxygens (including phenoxy) is 3. The van der Waals surface area contributed by atoms with Gasteiger partial charge < -0.3 is 19.5 Å². The summed E-state index contributed by atoms with van der Waals surface area (Å²) >= 11 is 0. The number of amides is 1. The van der Waals surface area contributed by atoms with Gasteiger partial charge in [0.1, 0.15) is 11.4 Å². The Morgan fingerprint density at radius 1 is 1.08 bits per heavy atom. The maximum absolute atomic E-state index is 12.1. The van der Waals surface area contributed by atoms with Crippen LogP contribution >= 0.6 is 0 Å². The van der Waals surface area contributed by atoms with E-state index in [1.165, 1.54) is 0 Å². The summed E-state index contributed by atoms with van der Waals surface area (Å²) in [4.78, 5) is 35.1. The Morgan fingerprint density at radius 3 is 2.23 bits per heavy atom. The highest BCUT2D eigenvalue weighted by Crippen LogP contribution is 2.13. The molecule has 0 aliphatic carbocycles. The van der Waals surface area contributed by atoms with Crippen LogP contribution < -0.4 is 10.1 Å². The number of ketones is 1. The van der Waals surface area contributed by atoms with Crippen molar-refractivity contribution in [2.75, 3.05) is 19.8 Å². The summed E-state index contributed by atoms with van der Waals surface area (Å²) in [6.07, 6.45) is -0.647. The lowest BCUT2D eigenvalue weighted by atomic mass is 10.1. The van der Waals surface area contributed by atoms with Crippen molar-refractivity contribution in [2.45, 2.75) is 40.2 Å². The highest BCUT2D eigenvalue weighted by molar-refractivity contribution is 5.99. The van der Waals surface area contributed by atoms with E-state index in [9.17, 15) is 14.4 Å². The summed E-state index contributed by atoms with van der Waals surface area (Å²) in [5.41, 5.74) is -0.210. The predicted octanol–water partition coefficient (Wildman–Crippen LogP) is 2.97. The molecule has 0 aliphatic heterocycles. The predicted molar refractivity (Wildman–Crippen MR) is 96.3 cm³/mol.